The number of nitrogens with zero attached hydrogens (tertiary/aromatic N) is 1. The minimum absolute atomic E-state index is 0.0916. The van der Waals surface area contributed by atoms with Gasteiger partial charge in [-0.1, -0.05) is 30.3 Å². The van der Waals surface area contributed by atoms with Gasteiger partial charge in [0.2, 0.25) is 5.91 Å². The van der Waals surface area contributed by atoms with E-state index < -0.39 is 0 Å². The molecular formula is C17H22N2O2S. The highest BCUT2D eigenvalue weighted by molar-refractivity contribution is 7.09. The van der Waals surface area contributed by atoms with Crippen molar-refractivity contribution in [2.75, 3.05) is 20.3 Å². The Labute approximate surface area is 135 Å². The molecule has 0 aliphatic rings. The summed E-state index contributed by atoms with van der Waals surface area (Å²) in [4.78, 5) is 16.4. The van der Waals surface area contributed by atoms with E-state index in [2.05, 4.69) is 10.3 Å². The molecule has 0 aliphatic carbocycles. The second-order valence-electron chi connectivity index (χ2n) is 5.04. The SMILES string of the molecule is COCCCCNC(=O)CCc1nc(-c2ccccc2)cs1. The first-order valence-corrected chi connectivity index (χ1v) is 8.43. The van der Waals surface area contributed by atoms with Crippen molar-refractivity contribution in [3.05, 3.63) is 40.7 Å². The summed E-state index contributed by atoms with van der Waals surface area (Å²) in [7, 11) is 1.69. The van der Waals surface area contributed by atoms with Gasteiger partial charge in [-0.2, -0.15) is 0 Å². The molecule has 0 saturated heterocycles. The first-order chi connectivity index (χ1) is 10.8. The number of rotatable bonds is 9. The molecule has 1 aromatic carbocycles. The van der Waals surface area contributed by atoms with Crippen molar-refractivity contribution in [3.8, 4) is 11.3 Å². The Morgan fingerprint density at radius 1 is 1.27 bits per heavy atom. The zero-order valence-electron chi connectivity index (χ0n) is 12.9. The van der Waals surface area contributed by atoms with Gasteiger partial charge in [-0.25, -0.2) is 4.98 Å². The van der Waals surface area contributed by atoms with Gasteiger partial charge < -0.3 is 10.1 Å². The summed E-state index contributed by atoms with van der Waals surface area (Å²) in [5, 5.41) is 5.99. The molecule has 1 amide bonds. The van der Waals surface area contributed by atoms with Crippen molar-refractivity contribution in [1.82, 2.24) is 10.3 Å². The van der Waals surface area contributed by atoms with E-state index in [-0.39, 0.29) is 5.91 Å². The quantitative estimate of drug-likeness (QED) is 0.722. The first-order valence-electron chi connectivity index (χ1n) is 7.55. The summed E-state index contributed by atoms with van der Waals surface area (Å²) < 4.78 is 4.97. The number of unbranched alkanes of at least 4 members (excludes halogenated alkanes) is 1. The maximum absolute atomic E-state index is 11.8. The number of carbonyl (C=O) groups is 1. The van der Waals surface area contributed by atoms with Crippen LogP contribution in [0.4, 0.5) is 0 Å². The molecule has 0 fully saturated rings. The molecule has 0 atom stereocenters. The number of aromatic nitrogens is 1. The molecule has 1 aromatic heterocycles. The molecule has 2 rings (SSSR count). The topological polar surface area (TPSA) is 51.2 Å². The fourth-order valence-electron chi connectivity index (χ4n) is 2.08. The number of thiazole rings is 1. The number of aryl methyl sites for hydroxylation is 1. The maximum atomic E-state index is 11.8. The highest BCUT2D eigenvalue weighted by Gasteiger charge is 2.07. The van der Waals surface area contributed by atoms with Crippen LogP contribution < -0.4 is 5.32 Å². The van der Waals surface area contributed by atoms with Gasteiger partial charge in [-0.05, 0) is 12.8 Å². The Hall–Kier alpha value is -1.72. The van der Waals surface area contributed by atoms with Crippen molar-refractivity contribution >= 4 is 17.2 Å². The van der Waals surface area contributed by atoms with E-state index in [0.717, 1.165) is 42.3 Å². The van der Waals surface area contributed by atoms with Crippen LogP contribution in [0.15, 0.2) is 35.7 Å². The van der Waals surface area contributed by atoms with Crippen molar-refractivity contribution in [1.29, 1.82) is 0 Å². The van der Waals surface area contributed by atoms with Gasteiger partial charge in [-0.15, -0.1) is 11.3 Å². The molecule has 0 unspecified atom stereocenters. The predicted octanol–water partition coefficient (Wildman–Crippen LogP) is 3.29. The lowest BCUT2D eigenvalue weighted by atomic mass is 10.2. The van der Waals surface area contributed by atoms with Gasteiger partial charge in [0.05, 0.1) is 10.7 Å². The number of amides is 1. The smallest absolute Gasteiger partial charge is 0.220 e. The minimum atomic E-state index is 0.0916. The van der Waals surface area contributed by atoms with Gasteiger partial charge in [0.25, 0.3) is 0 Å². The number of hydrogen-bond donors (Lipinski definition) is 1. The number of carbonyl (C=O) groups excluding carboxylic acids is 1. The van der Waals surface area contributed by atoms with E-state index in [9.17, 15) is 4.79 Å². The number of nitrogens with one attached hydrogen (secondary N) is 1. The van der Waals surface area contributed by atoms with Crippen LogP contribution in [0.1, 0.15) is 24.3 Å². The molecule has 0 bridgehead atoms. The summed E-state index contributed by atoms with van der Waals surface area (Å²) >= 11 is 1.61. The third-order valence-corrected chi connectivity index (χ3v) is 4.19. The highest BCUT2D eigenvalue weighted by Crippen LogP contribution is 2.22. The van der Waals surface area contributed by atoms with Crippen molar-refractivity contribution in [3.63, 3.8) is 0 Å². The van der Waals surface area contributed by atoms with E-state index >= 15 is 0 Å². The number of ether oxygens (including phenoxy) is 1. The largest absolute Gasteiger partial charge is 0.385 e. The van der Waals surface area contributed by atoms with Crippen LogP contribution in [0.25, 0.3) is 11.3 Å². The Morgan fingerprint density at radius 2 is 2.09 bits per heavy atom. The van der Waals surface area contributed by atoms with Gasteiger partial charge >= 0.3 is 0 Å². The zero-order valence-corrected chi connectivity index (χ0v) is 13.7. The first kappa shape index (κ1) is 16.6. The summed E-state index contributed by atoms with van der Waals surface area (Å²) in [6, 6.07) is 10.1. The standard InChI is InChI=1S/C17H22N2O2S/c1-21-12-6-5-11-18-16(20)9-10-17-19-15(13-22-17)14-7-3-2-4-8-14/h2-4,7-8,13H,5-6,9-12H2,1H3,(H,18,20). The second-order valence-corrected chi connectivity index (χ2v) is 5.99. The molecule has 1 heterocycles. The lowest BCUT2D eigenvalue weighted by Crippen LogP contribution is -2.24. The summed E-state index contributed by atoms with van der Waals surface area (Å²) in [5.41, 5.74) is 2.10. The number of benzene rings is 1. The average Bonchev–Trinajstić information content (AvgIpc) is 3.02. The van der Waals surface area contributed by atoms with Crippen LogP contribution in [0, 0.1) is 0 Å². The highest BCUT2D eigenvalue weighted by atomic mass is 32.1. The molecule has 2 aromatic rings. The minimum Gasteiger partial charge on any atom is -0.385 e. The third kappa shape index (κ3) is 5.58. The van der Waals surface area contributed by atoms with Crippen molar-refractivity contribution in [2.24, 2.45) is 0 Å². The van der Waals surface area contributed by atoms with Crippen LogP contribution >= 0.6 is 11.3 Å². The van der Waals surface area contributed by atoms with Crippen LogP contribution in [-0.2, 0) is 16.0 Å². The fraction of sp³-hybridized carbons (Fsp3) is 0.412. The third-order valence-electron chi connectivity index (χ3n) is 3.28. The molecule has 1 N–H and O–H groups in total. The Bertz CT molecular complexity index is 569. The molecule has 0 radical (unpaired) electrons. The number of methoxy groups -OCH3 is 1. The molecule has 4 nitrogen and oxygen atoms in total. The van der Waals surface area contributed by atoms with E-state index in [1.807, 2.05) is 35.7 Å². The molecule has 5 heteroatoms. The fourth-order valence-corrected chi connectivity index (χ4v) is 2.88. The van der Waals surface area contributed by atoms with Gasteiger partial charge in [0.15, 0.2) is 0 Å². The average molecular weight is 318 g/mol. The molecule has 0 saturated carbocycles. The van der Waals surface area contributed by atoms with Gasteiger partial charge in [0.1, 0.15) is 0 Å². The van der Waals surface area contributed by atoms with Crippen LogP contribution in [0.2, 0.25) is 0 Å². The molecule has 0 spiro atoms. The lowest BCUT2D eigenvalue weighted by molar-refractivity contribution is -0.121. The Morgan fingerprint density at radius 3 is 2.86 bits per heavy atom. The van der Waals surface area contributed by atoms with Gasteiger partial charge in [0, 0.05) is 44.0 Å². The Kier molecular flexibility index (Phi) is 7.06. The van der Waals surface area contributed by atoms with E-state index in [4.69, 9.17) is 4.74 Å². The lowest BCUT2D eigenvalue weighted by Gasteiger charge is -2.04. The molecule has 22 heavy (non-hydrogen) atoms. The van der Waals surface area contributed by atoms with Crippen LogP contribution in [0.5, 0.6) is 0 Å². The van der Waals surface area contributed by atoms with E-state index in [1.54, 1.807) is 18.4 Å². The van der Waals surface area contributed by atoms with Gasteiger partial charge in [-0.3, -0.25) is 4.79 Å². The zero-order chi connectivity index (χ0) is 15.6. The van der Waals surface area contributed by atoms with Crippen molar-refractivity contribution < 1.29 is 9.53 Å². The van der Waals surface area contributed by atoms with Crippen LogP contribution in [-0.4, -0.2) is 31.2 Å². The second kappa shape index (κ2) is 9.33. The predicted molar refractivity (Wildman–Crippen MR) is 90.0 cm³/mol. The van der Waals surface area contributed by atoms with Crippen molar-refractivity contribution in [2.45, 2.75) is 25.7 Å². The molecular weight excluding hydrogens is 296 g/mol. The summed E-state index contributed by atoms with van der Waals surface area (Å²) in [6.07, 6.45) is 3.12. The Balaban J connectivity index is 1.71. The molecule has 118 valence electrons. The van der Waals surface area contributed by atoms with Crippen LogP contribution in [0.3, 0.4) is 0 Å². The van der Waals surface area contributed by atoms with E-state index in [1.165, 1.54) is 0 Å². The summed E-state index contributed by atoms with van der Waals surface area (Å²) in [6.45, 7) is 1.46. The monoisotopic (exact) mass is 318 g/mol. The molecule has 0 aliphatic heterocycles. The maximum Gasteiger partial charge on any atom is 0.220 e. The summed E-state index contributed by atoms with van der Waals surface area (Å²) in [5.74, 6) is 0.0916. The van der Waals surface area contributed by atoms with E-state index in [0.29, 0.717) is 12.8 Å². The normalized spacial score (nSPS) is 10.6. The number of hydrogen-bond acceptors (Lipinski definition) is 4.